The smallest absolute Gasteiger partial charge is 0.226 e. The van der Waals surface area contributed by atoms with Crippen LogP contribution in [0.4, 0.5) is 10.1 Å². The molecule has 4 aliphatic carbocycles. The van der Waals surface area contributed by atoms with Crippen LogP contribution in [0.3, 0.4) is 0 Å². The third-order valence-electron chi connectivity index (χ3n) is 7.54. The van der Waals surface area contributed by atoms with Crippen LogP contribution in [0.2, 0.25) is 5.02 Å². The van der Waals surface area contributed by atoms with Crippen molar-refractivity contribution in [2.75, 3.05) is 11.1 Å². The first-order valence-electron chi connectivity index (χ1n) is 11.6. The number of amides is 1. The second-order valence-corrected chi connectivity index (χ2v) is 11.8. The predicted octanol–water partition coefficient (Wildman–Crippen LogP) is 6.38. The second kappa shape index (κ2) is 9.34. The van der Waals surface area contributed by atoms with Crippen molar-refractivity contribution in [3.05, 3.63) is 29.0 Å². The number of carbonyl (C=O) groups is 1. The van der Waals surface area contributed by atoms with E-state index < -0.39 is 5.82 Å². The van der Waals surface area contributed by atoms with Crippen LogP contribution in [-0.4, -0.2) is 39.4 Å². The van der Waals surface area contributed by atoms with Crippen molar-refractivity contribution in [3.8, 4) is 0 Å². The molecule has 4 bridgehead atoms. The highest BCUT2D eigenvalue weighted by atomic mass is 35.5. The van der Waals surface area contributed by atoms with E-state index in [1.54, 1.807) is 11.8 Å². The molecule has 4 nitrogen and oxygen atoms in total. The standard InChI is InChI=1S/C24H31ClFN3OS.ClH/c1-14(2)29-19(9-22(30)27-21-8-18(25)3-4-20(21)26)13-31-23(29)28-24-10-15-5-16(11-24)7-17(6-15)12-24;/h3-4,8,14-17,19H,5-7,9-13H2,1-2H3,(H,27,30);1H/b28-23-;. The number of amidine groups is 1. The van der Waals surface area contributed by atoms with Crippen molar-refractivity contribution < 1.29 is 9.18 Å². The molecule has 4 saturated carbocycles. The molecule has 1 unspecified atom stereocenters. The van der Waals surface area contributed by atoms with Crippen LogP contribution in [0.15, 0.2) is 23.2 Å². The average molecular weight is 501 g/mol. The van der Waals surface area contributed by atoms with Crippen molar-refractivity contribution in [1.29, 1.82) is 0 Å². The van der Waals surface area contributed by atoms with Crippen molar-refractivity contribution in [2.24, 2.45) is 22.7 Å². The Morgan fingerprint density at radius 3 is 2.47 bits per heavy atom. The number of benzene rings is 1. The van der Waals surface area contributed by atoms with Gasteiger partial charge in [-0.2, -0.15) is 0 Å². The molecule has 1 aromatic carbocycles. The van der Waals surface area contributed by atoms with Crippen LogP contribution in [-0.2, 0) is 4.79 Å². The summed E-state index contributed by atoms with van der Waals surface area (Å²) in [5, 5.41) is 4.22. The lowest BCUT2D eigenvalue weighted by Gasteiger charge is -2.55. The highest BCUT2D eigenvalue weighted by molar-refractivity contribution is 8.14. The third-order valence-corrected chi connectivity index (χ3v) is 8.88. The highest BCUT2D eigenvalue weighted by Gasteiger charge is 2.51. The van der Waals surface area contributed by atoms with E-state index in [0.29, 0.717) is 11.4 Å². The first-order valence-corrected chi connectivity index (χ1v) is 12.9. The number of hydrogen-bond donors (Lipinski definition) is 1. The zero-order valence-corrected chi connectivity index (χ0v) is 21.0. The van der Waals surface area contributed by atoms with E-state index in [9.17, 15) is 9.18 Å². The van der Waals surface area contributed by atoms with Crippen LogP contribution in [0.5, 0.6) is 0 Å². The van der Waals surface area contributed by atoms with Gasteiger partial charge in [-0.1, -0.05) is 23.4 Å². The summed E-state index contributed by atoms with van der Waals surface area (Å²) in [5.41, 5.74) is 0.271. The van der Waals surface area contributed by atoms with Gasteiger partial charge in [-0.15, -0.1) is 12.4 Å². The van der Waals surface area contributed by atoms with Crippen LogP contribution in [0, 0.1) is 23.6 Å². The fourth-order valence-electron chi connectivity index (χ4n) is 6.78. The molecule has 5 aliphatic rings. The molecule has 1 N–H and O–H groups in total. The molecule has 0 aromatic heterocycles. The first kappa shape index (κ1) is 24.2. The summed E-state index contributed by atoms with van der Waals surface area (Å²) in [5.74, 6) is 2.78. The lowest BCUT2D eigenvalue weighted by molar-refractivity contribution is -0.117. The number of nitrogens with zero attached hydrogens (tertiary/aromatic N) is 2. The molecule has 0 spiro atoms. The molecular weight excluding hydrogens is 468 g/mol. The molecule has 5 fully saturated rings. The van der Waals surface area contributed by atoms with E-state index in [4.69, 9.17) is 16.6 Å². The second-order valence-electron chi connectivity index (χ2n) is 10.4. The van der Waals surface area contributed by atoms with E-state index in [2.05, 4.69) is 24.1 Å². The van der Waals surface area contributed by atoms with E-state index >= 15 is 0 Å². The molecule has 8 heteroatoms. The van der Waals surface area contributed by atoms with Gasteiger partial charge in [-0.05, 0) is 88.3 Å². The minimum atomic E-state index is -0.469. The Balaban J connectivity index is 0.00000245. The lowest BCUT2D eigenvalue weighted by atomic mass is 9.53. The quantitative estimate of drug-likeness (QED) is 0.510. The highest BCUT2D eigenvalue weighted by Crippen LogP contribution is 2.57. The van der Waals surface area contributed by atoms with Gasteiger partial charge in [0.05, 0.1) is 11.2 Å². The van der Waals surface area contributed by atoms with E-state index in [0.717, 1.165) is 28.7 Å². The Bertz CT molecular complexity index is 874. The molecule has 0 radical (unpaired) electrons. The molecular formula is C24H32Cl2FN3OS. The fraction of sp³-hybridized carbons (Fsp3) is 0.667. The molecule has 32 heavy (non-hydrogen) atoms. The van der Waals surface area contributed by atoms with Crippen molar-refractivity contribution >= 4 is 52.5 Å². The Labute approximate surface area is 205 Å². The number of hydrogen-bond acceptors (Lipinski definition) is 3. The summed E-state index contributed by atoms with van der Waals surface area (Å²) in [4.78, 5) is 20.5. The maximum atomic E-state index is 14.0. The number of aliphatic imine (C=N–C) groups is 1. The zero-order chi connectivity index (χ0) is 21.8. The Morgan fingerprint density at radius 2 is 1.88 bits per heavy atom. The van der Waals surface area contributed by atoms with Crippen molar-refractivity contribution in [1.82, 2.24) is 4.90 Å². The largest absolute Gasteiger partial charge is 0.345 e. The van der Waals surface area contributed by atoms with Gasteiger partial charge in [-0.3, -0.25) is 9.79 Å². The van der Waals surface area contributed by atoms with Gasteiger partial charge in [0, 0.05) is 29.3 Å². The SMILES string of the molecule is CC(C)N1/C(=N/C23CC4CC(CC(C4)C2)C3)SCC1CC(=O)Nc1cc(Cl)ccc1F.Cl. The van der Waals surface area contributed by atoms with E-state index in [-0.39, 0.29) is 41.6 Å². The van der Waals surface area contributed by atoms with E-state index in [1.807, 2.05) is 0 Å². The summed E-state index contributed by atoms with van der Waals surface area (Å²) in [6.07, 6.45) is 8.28. The first-order chi connectivity index (χ1) is 14.8. The van der Waals surface area contributed by atoms with Crippen molar-refractivity contribution in [2.45, 2.75) is 76.4 Å². The zero-order valence-electron chi connectivity index (χ0n) is 18.7. The van der Waals surface area contributed by atoms with Gasteiger partial charge in [0.2, 0.25) is 5.91 Å². The lowest BCUT2D eigenvalue weighted by Crippen LogP contribution is -2.50. The van der Waals surface area contributed by atoms with Gasteiger partial charge < -0.3 is 10.2 Å². The minimum absolute atomic E-state index is 0. The third kappa shape index (κ3) is 4.78. The average Bonchev–Trinajstić information content (AvgIpc) is 3.05. The van der Waals surface area contributed by atoms with Crippen LogP contribution >= 0.6 is 35.8 Å². The normalized spacial score (nSPS) is 34.3. The Kier molecular flexibility index (Phi) is 7.05. The predicted molar refractivity (Wildman–Crippen MR) is 133 cm³/mol. The summed E-state index contributed by atoms with van der Waals surface area (Å²) >= 11 is 7.75. The molecule has 1 atom stereocenters. The van der Waals surface area contributed by atoms with Gasteiger partial charge >= 0.3 is 0 Å². The number of thioether (sulfide) groups is 1. The van der Waals surface area contributed by atoms with Crippen LogP contribution < -0.4 is 5.32 Å². The van der Waals surface area contributed by atoms with Gasteiger partial charge in [0.1, 0.15) is 5.82 Å². The number of anilines is 1. The molecule has 6 rings (SSSR count). The number of rotatable bonds is 5. The maximum Gasteiger partial charge on any atom is 0.226 e. The number of carbonyl (C=O) groups excluding carboxylic acids is 1. The Morgan fingerprint density at radius 1 is 1.25 bits per heavy atom. The van der Waals surface area contributed by atoms with Gasteiger partial charge in [-0.25, -0.2) is 4.39 Å². The topological polar surface area (TPSA) is 44.7 Å². The summed E-state index contributed by atoms with van der Waals surface area (Å²) in [6.45, 7) is 4.34. The molecule has 1 heterocycles. The Hall–Kier alpha value is -0.980. The molecule has 1 aromatic rings. The van der Waals surface area contributed by atoms with E-state index in [1.165, 1.54) is 56.7 Å². The van der Waals surface area contributed by atoms with Crippen LogP contribution in [0.1, 0.15) is 58.8 Å². The van der Waals surface area contributed by atoms with Gasteiger partial charge in [0.15, 0.2) is 5.17 Å². The summed E-state index contributed by atoms with van der Waals surface area (Å²) < 4.78 is 14.0. The molecule has 176 valence electrons. The maximum absolute atomic E-state index is 14.0. The monoisotopic (exact) mass is 499 g/mol. The molecule has 1 saturated heterocycles. The minimum Gasteiger partial charge on any atom is -0.345 e. The summed E-state index contributed by atoms with van der Waals surface area (Å²) in [7, 11) is 0. The van der Waals surface area contributed by atoms with Crippen LogP contribution in [0.25, 0.3) is 0 Å². The van der Waals surface area contributed by atoms with Gasteiger partial charge in [0.25, 0.3) is 0 Å². The molecule has 1 amide bonds. The number of nitrogens with one attached hydrogen (secondary N) is 1. The number of halogens is 3. The fourth-order valence-corrected chi connectivity index (χ4v) is 8.34. The summed E-state index contributed by atoms with van der Waals surface area (Å²) in [6, 6.07) is 4.55. The van der Waals surface area contributed by atoms with Crippen molar-refractivity contribution in [3.63, 3.8) is 0 Å². The molecule has 1 aliphatic heterocycles.